The third-order valence-corrected chi connectivity index (χ3v) is 5.23. The summed E-state index contributed by atoms with van der Waals surface area (Å²) in [7, 11) is 0. The number of aromatic nitrogens is 3. The standard InChI is InChI=1S/C21H25N3O3/c25-17(14-27-18-10-9-15-5-1-2-6-16(15)11-18)12-24-13-20(22-23-24)19-7-3-4-8-21(19)26/h1-2,5-6,9-11,13,17,19,21,25-26H,3-4,7-8,12,14H2. The molecule has 6 heteroatoms. The molecule has 142 valence electrons. The fourth-order valence-electron chi connectivity index (χ4n) is 3.75. The lowest BCUT2D eigenvalue weighted by atomic mass is 9.85. The number of benzene rings is 2. The van der Waals surface area contributed by atoms with Gasteiger partial charge < -0.3 is 14.9 Å². The largest absolute Gasteiger partial charge is 0.491 e. The molecular formula is C21H25N3O3. The van der Waals surface area contributed by atoms with E-state index >= 15 is 0 Å². The Labute approximate surface area is 158 Å². The maximum absolute atomic E-state index is 10.3. The van der Waals surface area contributed by atoms with Crippen LogP contribution in [0, 0.1) is 0 Å². The fraction of sp³-hybridized carbons (Fsp3) is 0.429. The van der Waals surface area contributed by atoms with E-state index in [0.717, 1.165) is 47.9 Å². The average molecular weight is 367 g/mol. The molecule has 1 saturated carbocycles. The first-order valence-electron chi connectivity index (χ1n) is 9.57. The van der Waals surface area contributed by atoms with E-state index in [1.54, 1.807) is 4.68 Å². The molecule has 0 spiro atoms. The van der Waals surface area contributed by atoms with Crippen LogP contribution in [0.2, 0.25) is 0 Å². The van der Waals surface area contributed by atoms with Crippen LogP contribution < -0.4 is 4.74 Å². The Hall–Kier alpha value is -2.44. The van der Waals surface area contributed by atoms with Crippen LogP contribution in [0.3, 0.4) is 0 Å². The SMILES string of the molecule is OC(COc1ccc2ccccc2c1)Cn1cc(C2CCCCC2O)nn1. The van der Waals surface area contributed by atoms with Crippen molar-refractivity contribution < 1.29 is 14.9 Å². The fourth-order valence-corrected chi connectivity index (χ4v) is 3.75. The van der Waals surface area contributed by atoms with Crippen LogP contribution in [0.15, 0.2) is 48.7 Å². The van der Waals surface area contributed by atoms with E-state index in [0.29, 0.717) is 6.54 Å². The number of rotatable bonds is 6. The van der Waals surface area contributed by atoms with Crippen molar-refractivity contribution in [2.24, 2.45) is 0 Å². The van der Waals surface area contributed by atoms with Gasteiger partial charge in [0.2, 0.25) is 0 Å². The Morgan fingerprint density at radius 3 is 2.78 bits per heavy atom. The summed E-state index contributed by atoms with van der Waals surface area (Å²) >= 11 is 0. The molecule has 4 rings (SSSR count). The van der Waals surface area contributed by atoms with Gasteiger partial charge in [0.15, 0.2) is 0 Å². The highest BCUT2D eigenvalue weighted by Crippen LogP contribution is 2.31. The molecule has 1 aliphatic rings. The molecular weight excluding hydrogens is 342 g/mol. The molecule has 3 unspecified atom stereocenters. The molecule has 1 fully saturated rings. The highest BCUT2D eigenvalue weighted by Gasteiger charge is 2.27. The Morgan fingerprint density at radius 2 is 1.93 bits per heavy atom. The zero-order chi connectivity index (χ0) is 18.6. The highest BCUT2D eigenvalue weighted by molar-refractivity contribution is 5.83. The predicted molar refractivity (Wildman–Crippen MR) is 103 cm³/mol. The van der Waals surface area contributed by atoms with Gasteiger partial charge in [0.1, 0.15) is 18.5 Å². The van der Waals surface area contributed by atoms with Gasteiger partial charge in [0.05, 0.1) is 18.3 Å². The van der Waals surface area contributed by atoms with Gasteiger partial charge in [0, 0.05) is 12.1 Å². The molecule has 0 aliphatic heterocycles. The Bertz CT molecular complexity index is 895. The zero-order valence-electron chi connectivity index (χ0n) is 15.2. The minimum absolute atomic E-state index is 0.0542. The van der Waals surface area contributed by atoms with Gasteiger partial charge in [-0.3, -0.25) is 0 Å². The molecule has 3 atom stereocenters. The van der Waals surface area contributed by atoms with Crippen molar-refractivity contribution in [2.45, 2.75) is 50.4 Å². The van der Waals surface area contributed by atoms with Crippen molar-refractivity contribution in [3.8, 4) is 5.75 Å². The summed E-state index contributed by atoms with van der Waals surface area (Å²) in [5.74, 6) is 0.788. The molecule has 2 N–H and O–H groups in total. The third kappa shape index (κ3) is 4.28. The van der Waals surface area contributed by atoms with Gasteiger partial charge in [0.25, 0.3) is 0 Å². The summed E-state index contributed by atoms with van der Waals surface area (Å²) < 4.78 is 7.37. The molecule has 1 aliphatic carbocycles. The zero-order valence-corrected chi connectivity index (χ0v) is 15.2. The predicted octanol–water partition coefficient (Wildman–Crippen LogP) is 2.89. The van der Waals surface area contributed by atoms with E-state index in [1.165, 1.54) is 0 Å². The molecule has 27 heavy (non-hydrogen) atoms. The van der Waals surface area contributed by atoms with Gasteiger partial charge in [-0.15, -0.1) is 5.10 Å². The van der Waals surface area contributed by atoms with Crippen LogP contribution in [0.1, 0.15) is 37.3 Å². The molecule has 6 nitrogen and oxygen atoms in total. The lowest BCUT2D eigenvalue weighted by Crippen LogP contribution is -2.24. The number of ether oxygens (including phenoxy) is 1. The van der Waals surface area contributed by atoms with E-state index in [4.69, 9.17) is 4.74 Å². The quantitative estimate of drug-likeness (QED) is 0.700. The number of aliphatic hydroxyl groups is 2. The van der Waals surface area contributed by atoms with Gasteiger partial charge in [-0.25, -0.2) is 4.68 Å². The molecule has 0 saturated heterocycles. The second-order valence-corrected chi connectivity index (χ2v) is 7.30. The van der Waals surface area contributed by atoms with E-state index in [2.05, 4.69) is 16.4 Å². The molecule has 0 bridgehead atoms. The van der Waals surface area contributed by atoms with Crippen LogP contribution in [-0.4, -0.2) is 44.0 Å². The summed E-state index contributed by atoms with van der Waals surface area (Å²) in [5, 5.41) is 31.0. The van der Waals surface area contributed by atoms with Crippen LogP contribution >= 0.6 is 0 Å². The van der Waals surface area contributed by atoms with Crippen LogP contribution in [-0.2, 0) is 6.54 Å². The maximum Gasteiger partial charge on any atom is 0.120 e. The number of hydrogen-bond donors (Lipinski definition) is 2. The third-order valence-electron chi connectivity index (χ3n) is 5.23. The van der Waals surface area contributed by atoms with Crippen molar-refractivity contribution in [1.29, 1.82) is 0 Å². The number of hydrogen-bond acceptors (Lipinski definition) is 5. The topological polar surface area (TPSA) is 80.4 Å². The molecule has 1 aromatic heterocycles. The summed E-state index contributed by atoms with van der Waals surface area (Å²) in [6.07, 6.45) is 4.73. The van der Waals surface area contributed by atoms with E-state index in [9.17, 15) is 10.2 Å². The maximum atomic E-state index is 10.3. The van der Waals surface area contributed by atoms with E-state index < -0.39 is 6.10 Å². The minimum Gasteiger partial charge on any atom is -0.491 e. The molecule has 1 heterocycles. The number of fused-ring (bicyclic) bond motifs is 1. The van der Waals surface area contributed by atoms with Crippen LogP contribution in [0.4, 0.5) is 0 Å². The van der Waals surface area contributed by atoms with Gasteiger partial charge in [-0.1, -0.05) is 48.4 Å². The van der Waals surface area contributed by atoms with E-state index in [-0.39, 0.29) is 18.6 Å². The van der Waals surface area contributed by atoms with E-state index in [1.807, 2.05) is 42.6 Å². The second-order valence-electron chi connectivity index (χ2n) is 7.30. The summed E-state index contributed by atoms with van der Waals surface area (Å²) in [5.41, 5.74) is 0.810. The first kappa shape index (κ1) is 17.9. The number of nitrogens with zero attached hydrogens (tertiary/aromatic N) is 3. The summed E-state index contributed by atoms with van der Waals surface area (Å²) in [6, 6.07) is 14.0. The van der Waals surface area contributed by atoms with Crippen molar-refractivity contribution in [3.05, 3.63) is 54.4 Å². The van der Waals surface area contributed by atoms with Gasteiger partial charge >= 0.3 is 0 Å². The molecule has 2 aromatic carbocycles. The Balaban J connectivity index is 1.33. The summed E-state index contributed by atoms with van der Waals surface area (Å²) in [6.45, 7) is 0.489. The lowest BCUT2D eigenvalue weighted by Gasteiger charge is -2.25. The van der Waals surface area contributed by atoms with Crippen molar-refractivity contribution in [1.82, 2.24) is 15.0 Å². The van der Waals surface area contributed by atoms with Gasteiger partial charge in [-0.05, 0) is 35.7 Å². The number of aliphatic hydroxyl groups excluding tert-OH is 2. The normalized spacial score (nSPS) is 21.3. The highest BCUT2D eigenvalue weighted by atomic mass is 16.5. The Morgan fingerprint density at radius 1 is 1.11 bits per heavy atom. The average Bonchev–Trinajstić information content (AvgIpc) is 3.14. The second kappa shape index (κ2) is 8.06. The smallest absolute Gasteiger partial charge is 0.120 e. The molecule has 0 radical (unpaired) electrons. The lowest BCUT2D eigenvalue weighted by molar-refractivity contribution is 0.0888. The van der Waals surface area contributed by atoms with Crippen molar-refractivity contribution in [3.63, 3.8) is 0 Å². The Kier molecular flexibility index (Phi) is 5.36. The molecule has 0 amide bonds. The van der Waals surface area contributed by atoms with Gasteiger partial charge in [-0.2, -0.15) is 0 Å². The molecule has 3 aromatic rings. The van der Waals surface area contributed by atoms with Crippen molar-refractivity contribution in [2.75, 3.05) is 6.61 Å². The van der Waals surface area contributed by atoms with Crippen molar-refractivity contribution >= 4 is 10.8 Å². The minimum atomic E-state index is -0.692. The first-order chi connectivity index (χ1) is 13.2. The first-order valence-corrected chi connectivity index (χ1v) is 9.57. The van der Waals surface area contributed by atoms with Crippen LogP contribution in [0.25, 0.3) is 10.8 Å². The summed E-state index contributed by atoms with van der Waals surface area (Å²) in [4.78, 5) is 0. The monoisotopic (exact) mass is 367 g/mol. The van der Waals surface area contributed by atoms with Crippen LogP contribution in [0.5, 0.6) is 5.75 Å².